The van der Waals surface area contributed by atoms with Gasteiger partial charge in [0.15, 0.2) is 6.35 Å². The molecule has 3 aromatic rings. The largest absolute Gasteiger partial charge is 0.361 e. The van der Waals surface area contributed by atoms with E-state index in [-0.39, 0.29) is 6.04 Å². The van der Waals surface area contributed by atoms with Gasteiger partial charge in [0, 0.05) is 60.0 Å². The van der Waals surface area contributed by atoms with E-state index in [0.29, 0.717) is 33.9 Å². The zero-order valence-corrected chi connectivity index (χ0v) is 24.4. The second-order valence-corrected chi connectivity index (χ2v) is 11.8. The Morgan fingerprint density at radius 1 is 0.975 bits per heavy atom. The van der Waals surface area contributed by atoms with E-state index in [1.165, 1.54) is 31.2 Å². The van der Waals surface area contributed by atoms with Gasteiger partial charge in [-0.2, -0.15) is 5.26 Å². The summed E-state index contributed by atoms with van der Waals surface area (Å²) in [5.41, 5.74) is 4.59. The van der Waals surface area contributed by atoms with Crippen molar-refractivity contribution in [1.29, 1.82) is 5.26 Å². The Bertz CT molecular complexity index is 1300. The quantitative estimate of drug-likeness (QED) is 0.252. The van der Waals surface area contributed by atoms with E-state index in [4.69, 9.17) is 23.2 Å². The van der Waals surface area contributed by atoms with E-state index >= 15 is 0 Å². The summed E-state index contributed by atoms with van der Waals surface area (Å²) in [6, 6.07) is 24.8. The van der Waals surface area contributed by atoms with Crippen LogP contribution in [0.1, 0.15) is 49.8 Å². The van der Waals surface area contributed by atoms with Gasteiger partial charge in [-0.25, -0.2) is 0 Å². The van der Waals surface area contributed by atoms with Gasteiger partial charge in [-0.3, -0.25) is 15.1 Å². The van der Waals surface area contributed by atoms with Gasteiger partial charge in [0.25, 0.3) is 0 Å². The number of aliphatic hydroxyl groups excluding tert-OH is 1. The average molecular weight is 579 g/mol. The van der Waals surface area contributed by atoms with Crippen LogP contribution in [0, 0.1) is 11.3 Å². The fraction of sp³-hybridized carbons (Fsp3) is 0.406. The molecule has 1 saturated heterocycles. The van der Waals surface area contributed by atoms with Crippen molar-refractivity contribution in [2.45, 2.75) is 57.1 Å². The minimum atomic E-state index is -0.972. The van der Waals surface area contributed by atoms with Crippen LogP contribution in [0.3, 0.4) is 0 Å². The first-order valence-electron chi connectivity index (χ1n) is 14.1. The Morgan fingerprint density at radius 3 is 2.38 bits per heavy atom. The Morgan fingerprint density at radius 2 is 1.70 bits per heavy atom. The van der Waals surface area contributed by atoms with Crippen molar-refractivity contribution in [1.82, 2.24) is 15.1 Å². The highest BCUT2D eigenvalue weighted by Gasteiger charge is 2.34. The van der Waals surface area contributed by atoms with Crippen LogP contribution in [-0.2, 0) is 0 Å². The van der Waals surface area contributed by atoms with Crippen molar-refractivity contribution in [3.05, 3.63) is 87.9 Å². The zero-order chi connectivity index (χ0) is 28.1. The first-order chi connectivity index (χ1) is 19.4. The van der Waals surface area contributed by atoms with E-state index < -0.39 is 6.35 Å². The minimum absolute atomic E-state index is 0.0691. The maximum absolute atomic E-state index is 10.8. The summed E-state index contributed by atoms with van der Waals surface area (Å²) in [6.07, 6.45) is 4.35. The summed E-state index contributed by atoms with van der Waals surface area (Å²) in [5.74, 6) is 0. The standard InChI is InChI=1S/C32H37Cl2N5O/c1-22-21-38(30-7-2-3-8-30)13-14-39(22)31(20-36-32(40)37-29-17-27(33)16-28(34)18-29)25-11-9-24(10-12-25)26-6-4-5-23(15-26)19-35/h4-6,9-12,15-18,22,30-32,36-37,40H,2-3,7-8,13-14,20-21H2,1H3/t22-,31?,32+/m0/s1. The van der Waals surface area contributed by atoms with E-state index in [9.17, 15) is 10.4 Å². The van der Waals surface area contributed by atoms with Crippen molar-refractivity contribution in [3.8, 4) is 17.2 Å². The van der Waals surface area contributed by atoms with Gasteiger partial charge >= 0.3 is 0 Å². The number of rotatable bonds is 9. The van der Waals surface area contributed by atoms with Crippen molar-refractivity contribution in [2.24, 2.45) is 0 Å². The number of aliphatic hydroxyl groups is 1. The number of halogens is 2. The molecule has 1 saturated carbocycles. The predicted molar refractivity (Wildman–Crippen MR) is 163 cm³/mol. The molecule has 1 unspecified atom stereocenters. The topological polar surface area (TPSA) is 74.6 Å². The summed E-state index contributed by atoms with van der Waals surface area (Å²) in [7, 11) is 0. The summed E-state index contributed by atoms with van der Waals surface area (Å²) < 4.78 is 0. The molecule has 5 rings (SSSR count). The third-order valence-electron chi connectivity index (χ3n) is 8.24. The lowest BCUT2D eigenvalue weighted by molar-refractivity contribution is 0.0236. The predicted octanol–water partition coefficient (Wildman–Crippen LogP) is 6.50. The van der Waals surface area contributed by atoms with Crippen LogP contribution in [0.15, 0.2) is 66.7 Å². The molecule has 3 aromatic carbocycles. The number of nitrogens with zero attached hydrogens (tertiary/aromatic N) is 3. The Hall–Kier alpha value is -2.63. The molecule has 0 bridgehead atoms. The second kappa shape index (κ2) is 13.4. The summed E-state index contributed by atoms with van der Waals surface area (Å²) in [5, 5.41) is 27.5. The van der Waals surface area contributed by atoms with Crippen LogP contribution in [0.5, 0.6) is 0 Å². The molecule has 3 atom stereocenters. The van der Waals surface area contributed by atoms with Crippen molar-refractivity contribution < 1.29 is 5.11 Å². The molecular formula is C32H37Cl2N5O. The van der Waals surface area contributed by atoms with E-state index in [1.807, 2.05) is 24.3 Å². The third-order valence-corrected chi connectivity index (χ3v) is 8.68. The van der Waals surface area contributed by atoms with Gasteiger partial charge in [-0.05, 0) is 66.8 Å². The molecule has 8 heteroatoms. The highest BCUT2D eigenvalue weighted by atomic mass is 35.5. The highest BCUT2D eigenvalue weighted by Crippen LogP contribution is 2.31. The molecule has 0 aromatic heterocycles. The number of nitriles is 1. The second-order valence-electron chi connectivity index (χ2n) is 11.0. The van der Waals surface area contributed by atoms with E-state index in [1.54, 1.807) is 18.2 Å². The van der Waals surface area contributed by atoms with Gasteiger partial charge in [-0.15, -0.1) is 0 Å². The summed E-state index contributed by atoms with van der Waals surface area (Å²) >= 11 is 12.3. The van der Waals surface area contributed by atoms with Crippen LogP contribution in [0.25, 0.3) is 11.1 Å². The smallest absolute Gasteiger partial charge is 0.181 e. The van der Waals surface area contributed by atoms with Gasteiger partial charge in [-0.1, -0.05) is 72.4 Å². The number of hydrogen-bond acceptors (Lipinski definition) is 6. The Labute approximate surface area is 247 Å². The highest BCUT2D eigenvalue weighted by molar-refractivity contribution is 6.35. The molecule has 40 heavy (non-hydrogen) atoms. The monoisotopic (exact) mass is 577 g/mol. The lowest BCUT2D eigenvalue weighted by Crippen LogP contribution is -2.56. The van der Waals surface area contributed by atoms with Crippen LogP contribution in [0.2, 0.25) is 10.0 Å². The number of anilines is 1. The van der Waals surface area contributed by atoms with Crippen LogP contribution in [-0.4, -0.2) is 59.5 Å². The molecule has 6 nitrogen and oxygen atoms in total. The lowest BCUT2D eigenvalue weighted by Gasteiger charge is -2.46. The Balaban J connectivity index is 1.33. The van der Waals surface area contributed by atoms with Crippen LogP contribution < -0.4 is 10.6 Å². The van der Waals surface area contributed by atoms with Gasteiger partial charge < -0.3 is 10.4 Å². The molecular weight excluding hydrogens is 541 g/mol. The number of piperazine rings is 1. The number of benzene rings is 3. The molecule has 1 heterocycles. The molecule has 1 aliphatic heterocycles. The molecule has 0 amide bonds. The normalized spacial score (nSPS) is 20.2. The van der Waals surface area contributed by atoms with Crippen molar-refractivity contribution in [2.75, 3.05) is 31.5 Å². The molecule has 0 radical (unpaired) electrons. The van der Waals surface area contributed by atoms with Gasteiger partial charge in [0.2, 0.25) is 0 Å². The number of nitrogens with one attached hydrogen (secondary N) is 2. The van der Waals surface area contributed by atoms with Crippen LogP contribution >= 0.6 is 23.2 Å². The molecule has 3 N–H and O–H groups in total. The maximum atomic E-state index is 10.8. The summed E-state index contributed by atoms with van der Waals surface area (Å²) in [6.45, 7) is 5.97. The van der Waals surface area contributed by atoms with E-state index in [0.717, 1.165) is 36.8 Å². The first-order valence-corrected chi connectivity index (χ1v) is 14.9. The first kappa shape index (κ1) is 28.9. The maximum Gasteiger partial charge on any atom is 0.181 e. The number of hydrogen-bond donors (Lipinski definition) is 3. The van der Waals surface area contributed by atoms with Gasteiger partial charge in [0.05, 0.1) is 11.6 Å². The molecule has 210 valence electrons. The lowest BCUT2D eigenvalue weighted by atomic mass is 9.97. The molecule has 2 fully saturated rings. The molecule has 1 aliphatic carbocycles. The van der Waals surface area contributed by atoms with Crippen LogP contribution in [0.4, 0.5) is 5.69 Å². The molecule has 2 aliphatic rings. The van der Waals surface area contributed by atoms with Crippen molar-refractivity contribution >= 4 is 28.9 Å². The average Bonchev–Trinajstić information content (AvgIpc) is 3.49. The third kappa shape index (κ3) is 7.16. The molecule has 0 spiro atoms. The fourth-order valence-corrected chi connectivity index (χ4v) is 6.75. The van der Waals surface area contributed by atoms with Crippen molar-refractivity contribution in [3.63, 3.8) is 0 Å². The SMILES string of the molecule is C[C@H]1CN(C2CCCC2)CCN1C(CN[C@@H](O)Nc1cc(Cl)cc(Cl)c1)c1ccc(-c2cccc(C#N)c2)cc1. The Kier molecular flexibility index (Phi) is 9.64. The fourth-order valence-electron chi connectivity index (χ4n) is 6.23. The zero-order valence-electron chi connectivity index (χ0n) is 22.9. The van der Waals surface area contributed by atoms with Gasteiger partial charge in [0.1, 0.15) is 0 Å². The van der Waals surface area contributed by atoms with E-state index in [2.05, 4.69) is 57.7 Å². The minimum Gasteiger partial charge on any atom is -0.361 e. The summed E-state index contributed by atoms with van der Waals surface area (Å²) in [4.78, 5) is 5.25.